The Bertz CT molecular complexity index is 791. The predicted molar refractivity (Wildman–Crippen MR) is 106 cm³/mol. The molecule has 0 aliphatic carbocycles. The van der Waals surface area contributed by atoms with Gasteiger partial charge in [0, 0.05) is 31.7 Å². The zero-order valence-electron chi connectivity index (χ0n) is 15.7. The summed E-state index contributed by atoms with van der Waals surface area (Å²) in [5, 5.41) is 3.39. The molecule has 2 bridgehead atoms. The Balaban J connectivity index is 0.00000225. The number of amides is 1. The summed E-state index contributed by atoms with van der Waals surface area (Å²) in [6.45, 7) is 2.37. The molecule has 0 saturated carbocycles. The average Bonchev–Trinajstić information content (AvgIpc) is 2.94. The predicted octanol–water partition coefficient (Wildman–Crippen LogP) is 2.00. The van der Waals surface area contributed by atoms with Gasteiger partial charge < -0.3 is 10.2 Å². The highest BCUT2D eigenvalue weighted by Crippen LogP contribution is 2.32. The van der Waals surface area contributed by atoms with Gasteiger partial charge in [0.05, 0.1) is 10.8 Å². The van der Waals surface area contributed by atoms with Crippen LogP contribution in [0.15, 0.2) is 29.2 Å². The summed E-state index contributed by atoms with van der Waals surface area (Å²) in [6.07, 6.45) is 4.42. The molecular weight excluding hydrogens is 405 g/mol. The largest absolute Gasteiger partial charge is 0.335 e. The third-order valence-corrected chi connectivity index (χ3v) is 7.97. The first-order valence-corrected chi connectivity index (χ1v) is 11.2. The molecule has 3 saturated heterocycles. The van der Waals surface area contributed by atoms with Crippen LogP contribution in [0.2, 0.25) is 0 Å². The first-order chi connectivity index (χ1) is 13.0. The van der Waals surface area contributed by atoms with Crippen molar-refractivity contribution in [1.82, 2.24) is 14.5 Å². The Morgan fingerprint density at radius 1 is 1.07 bits per heavy atom. The molecule has 3 fully saturated rings. The standard InChI is InChI=1S/C19H26FN3O3S.ClH/c20-15-3-7-18(8-4-15)27(25,26)22-11-1-2-14(13-22)19(24)23-16-5-6-17(23)12-21-10-9-16;/h3-4,7-8,14,16-17,21H,1-2,5-6,9-13H2;1H. The summed E-state index contributed by atoms with van der Waals surface area (Å²) in [6, 6.07) is 5.40. The number of nitrogens with zero attached hydrogens (tertiary/aromatic N) is 2. The van der Waals surface area contributed by atoms with Crippen LogP contribution in [0.3, 0.4) is 0 Å². The summed E-state index contributed by atoms with van der Waals surface area (Å²) < 4.78 is 40.3. The second kappa shape index (κ2) is 8.65. The van der Waals surface area contributed by atoms with Crippen LogP contribution in [0.5, 0.6) is 0 Å². The molecule has 3 atom stereocenters. The zero-order valence-corrected chi connectivity index (χ0v) is 17.4. The number of benzene rings is 1. The lowest BCUT2D eigenvalue weighted by atomic mass is 9.97. The average molecular weight is 432 g/mol. The van der Waals surface area contributed by atoms with E-state index in [1.807, 2.05) is 4.90 Å². The van der Waals surface area contributed by atoms with Crippen LogP contribution in [0.1, 0.15) is 32.1 Å². The number of hydrogen-bond acceptors (Lipinski definition) is 4. The second-order valence-corrected chi connectivity index (χ2v) is 9.72. The van der Waals surface area contributed by atoms with Crippen molar-refractivity contribution in [2.75, 3.05) is 26.2 Å². The number of carbonyl (C=O) groups is 1. The van der Waals surface area contributed by atoms with E-state index in [-0.39, 0.29) is 47.8 Å². The molecule has 1 aromatic rings. The van der Waals surface area contributed by atoms with Crippen LogP contribution in [0.4, 0.5) is 4.39 Å². The number of rotatable bonds is 3. The van der Waals surface area contributed by atoms with Crippen molar-refractivity contribution in [3.8, 4) is 0 Å². The molecule has 1 N–H and O–H groups in total. The Hall–Kier alpha value is -1.22. The maximum Gasteiger partial charge on any atom is 0.243 e. The van der Waals surface area contributed by atoms with Crippen molar-refractivity contribution in [2.45, 2.75) is 49.1 Å². The van der Waals surface area contributed by atoms with Gasteiger partial charge in [-0.25, -0.2) is 12.8 Å². The fourth-order valence-electron chi connectivity index (χ4n) is 4.67. The molecule has 6 nitrogen and oxygen atoms in total. The maximum atomic E-state index is 13.2. The lowest BCUT2D eigenvalue weighted by Gasteiger charge is -2.36. The number of nitrogens with one attached hydrogen (secondary N) is 1. The summed E-state index contributed by atoms with van der Waals surface area (Å²) in [5.74, 6) is -0.661. The molecule has 3 aliphatic rings. The first-order valence-electron chi connectivity index (χ1n) is 9.75. The third kappa shape index (κ3) is 4.06. The summed E-state index contributed by atoms with van der Waals surface area (Å²) >= 11 is 0. The molecule has 3 aliphatic heterocycles. The first kappa shape index (κ1) is 21.5. The van der Waals surface area contributed by atoms with Crippen molar-refractivity contribution >= 4 is 28.3 Å². The maximum absolute atomic E-state index is 13.2. The Morgan fingerprint density at radius 2 is 1.79 bits per heavy atom. The SMILES string of the molecule is Cl.O=C(C1CCCN(S(=O)(=O)c2ccc(F)cc2)C1)N1C2CCNCC1CC2. The van der Waals surface area contributed by atoms with Gasteiger partial charge >= 0.3 is 0 Å². The van der Waals surface area contributed by atoms with Crippen LogP contribution in [0.25, 0.3) is 0 Å². The fraction of sp³-hybridized carbons (Fsp3) is 0.632. The van der Waals surface area contributed by atoms with Crippen molar-refractivity contribution in [3.05, 3.63) is 30.1 Å². The van der Waals surface area contributed by atoms with E-state index in [2.05, 4.69) is 5.32 Å². The molecule has 9 heteroatoms. The number of piperidine rings is 1. The van der Waals surface area contributed by atoms with E-state index < -0.39 is 15.8 Å². The minimum atomic E-state index is -3.71. The van der Waals surface area contributed by atoms with E-state index >= 15 is 0 Å². The molecular formula is C19H27ClFN3O3S. The minimum Gasteiger partial charge on any atom is -0.335 e. The quantitative estimate of drug-likeness (QED) is 0.794. The van der Waals surface area contributed by atoms with Gasteiger partial charge in [-0.15, -0.1) is 12.4 Å². The molecule has 1 aromatic carbocycles. The summed E-state index contributed by atoms with van der Waals surface area (Å²) in [4.78, 5) is 15.4. The monoisotopic (exact) mass is 431 g/mol. The smallest absolute Gasteiger partial charge is 0.243 e. The summed E-state index contributed by atoms with van der Waals surface area (Å²) in [7, 11) is -3.71. The molecule has 0 spiro atoms. The van der Waals surface area contributed by atoms with Crippen LogP contribution in [0, 0.1) is 11.7 Å². The van der Waals surface area contributed by atoms with Gasteiger partial charge in [0.15, 0.2) is 0 Å². The van der Waals surface area contributed by atoms with Gasteiger partial charge in [0.2, 0.25) is 15.9 Å². The molecule has 28 heavy (non-hydrogen) atoms. The van der Waals surface area contributed by atoms with E-state index in [0.717, 1.165) is 50.9 Å². The van der Waals surface area contributed by atoms with Crippen LogP contribution in [-0.4, -0.2) is 61.8 Å². The molecule has 1 amide bonds. The normalized spacial score (nSPS) is 28.5. The third-order valence-electron chi connectivity index (χ3n) is 6.09. The number of carbonyl (C=O) groups excluding carboxylic acids is 1. The minimum absolute atomic E-state index is 0. The number of halogens is 2. The summed E-state index contributed by atoms with van der Waals surface area (Å²) in [5.41, 5.74) is 0. The fourth-order valence-corrected chi connectivity index (χ4v) is 6.19. The van der Waals surface area contributed by atoms with E-state index in [0.29, 0.717) is 13.0 Å². The second-order valence-electron chi connectivity index (χ2n) is 7.78. The van der Waals surface area contributed by atoms with Crippen molar-refractivity contribution in [1.29, 1.82) is 0 Å². The zero-order chi connectivity index (χ0) is 19.0. The molecule has 156 valence electrons. The molecule has 3 unspecified atom stereocenters. The van der Waals surface area contributed by atoms with Gasteiger partial charge in [-0.3, -0.25) is 4.79 Å². The Morgan fingerprint density at radius 3 is 2.54 bits per heavy atom. The van der Waals surface area contributed by atoms with E-state index in [1.165, 1.54) is 16.4 Å². The molecule has 0 radical (unpaired) electrons. The lowest BCUT2D eigenvalue weighted by Crippen LogP contribution is -2.50. The van der Waals surface area contributed by atoms with Gasteiger partial charge in [0.1, 0.15) is 5.82 Å². The number of sulfonamides is 1. The van der Waals surface area contributed by atoms with Gasteiger partial charge in [-0.2, -0.15) is 4.31 Å². The number of hydrogen-bond donors (Lipinski definition) is 1. The molecule has 3 heterocycles. The van der Waals surface area contributed by atoms with Gasteiger partial charge in [-0.05, 0) is 62.9 Å². The van der Waals surface area contributed by atoms with E-state index in [9.17, 15) is 17.6 Å². The topological polar surface area (TPSA) is 69.7 Å². The van der Waals surface area contributed by atoms with Crippen molar-refractivity contribution in [2.24, 2.45) is 5.92 Å². The van der Waals surface area contributed by atoms with Gasteiger partial charge in [0.25, 0.3) is 0 Å². The van der Waals surface area contributed by atoms with Crippen LogP contribution in [-0.2, 0) is 14.8 Å². The molecule has 0 aromatic heterocycles. The highest BCUT2D eigenvalue weighted by Gasteiger charge is 2.42. The highest BCUT2D eigenvalue weighted by atomic mass is 35.5. The lowest BCUT2D eigenvalue weighted by molar-refractivity contribution is -0.139. The van der Waals surface area contributed by atoms with E-state index in [1.54, 1.807) is 0 Å². The van der Waals surface area contributed by atoms with Crippen LogP contribution >= 0.6 is 12.4 Å². The highest BCUT2D eigenvalue weighted by molar-refractivity contribution is 7.89. The number of fused-ring (bicyclic) bond motifs is 2. The molecule has 4 rings (SSSR count). The Labute approximate surface area is 171 Å². The van der Waals surface area contributed by atoms with Crippen molar-refractivity contribution in [3.63, 3.8) is 0 Å². The van der Waals surface area contributed by atoms with Crippen molar-refractivity contribution < 1.29 is 17.6 Å². The van der Waals surface area contributed by atoms with E-state index in [4.69, 9.17) is 0 Å². The van der Waals surface area contributed by atoms with Crippen LogP contribution < -0.4 is 5.32 Å². The Kier molecular flexibility index (Phi) is 6.64. The van der Waals surface area contributed by atoms with Gasteiger partial charge in [-0.1, -0.05) is 0 Å².